The van der Waals surface area contributed by atoms with Crippen LogP contribution < -0.4 is 4.74 Å². The van der Waals surface area contributed by atoms with Gasteiger partial charge in [-0.15, -0.1) is 0 Å². The van der Waals surface area contributed by atoms with Crippen LogP contribution in [0.25, 0.3) is 0 Å². The summed E-state index contributed by atoms with van der Waals surface area (Å²) < 4.78 is 5.83. The molecule has 21 heavy (non-hydrogen) atoms. The van der Waals surface area contributed by atoms with Crippen LogP contribution in [0.3, 0.4) is 0 Å². The number of aliphatic carboxylic acids is 1. The van der Waals surface area contributed by atoms with Gasteiger partial charge in [0.25, 0.3) is 5.69 Å². The first-order valence-electron chi connectivity index (χ1n) is 5.74. The monoisotopic (exact) mass is 352 g/mol. The molecule has 0 aliphatic carbocycles. The minimum atomic E-state index is -0.943. The topological polar surface area (TPSA) is 103 Å². The zero-order chi connectivity index (χ0) is 15.4. The lowest BCUT2D eigenvalue weighted by Crippen LogP contribution is -2.00. The summed E-state index contributed by atoms with van der Waals surface area (Å²) in [5.74, 6) is -0.384. The van der Waals surface area contributed by atoms with E-state index in [0.29, 0.717) is 15.8 Å². The maximum absolute atomic E-state index is 10.7. The largest absolute Gasteiger partial charge is 0.481 e. The fourth-order valence-electron chi connectivity index (χ4n) is 1.60. The first kappa shape index (κ1) is 14.9. The molecule has 7 nitrogen and oxygen atoms in total. The maximum atomic E-state index is 10.7. The van der Waals surface area contributed by atoms with Crippen molar-refractivity contribution in [3.05, 3.63) is 56.7 Å². The van der Waals surface area contributed by atoms with E-state index in [9.17, 15) is 14.9 Å². The van der Waals surface area contributed by atoms with E-state index in [1.165, 1.54) is 6.07 Å². The Hall–Kier alpha value is -2.48. The molecule has 8 heteroatoms. The second-order valence-electron chi connectivity index (χ2n) is 4.06. The highest BCUT2D eigenvalue weighted by atomic mass is 79.9. The summed E-state index contributed by atoms with van der Waals surface area (Å²) in [7, 11) is 0. The molecule has 0 unspecified atom stereocenters. The van der Waals surface area contributed by atoms with Gasteiger partial charge in [-0.2, -0.15) is 0 Å². The predicted octanol–water partition coefficient (Wildman–Crippen LogP) is 3.17. The van der Waals surface area contributed by atoms with Crippen LogP contribution in [-0.2, 0) is 11.2 Å². The number of halogens is 1. The number of pyridine rings is 1. The summed E-state index contributed by atoms with van der Waals surface area (Å²) in [6.07, 6.45) is 0.966. The lowest BCUT2D eigenvalue weighted by atomic mass is 10.1. The fraction of sp³-hybridized carbons (Fsp3) is 0.0769. The summed E-state index contributed by atoms with van der Waals surface area (Å²) in [6, 6.07) is 7.82. The number of benzene rings is 1. The number of aromatic nitrogens is 1. The fourth-order valence-corrected chi connectivity index (χ4v) is 2.01. The van der Waals surface area contributed by atoms with Crippen molar-refractivity contribution >= 4 is 27.6 Å². The van der Waals surface area contributed by atoms with Gasteiger partial charge in [-0.25, -0.2) is 4.98 Å². The van der Waals surface area contributed by atoms with Gasteiger partial charge in [0.05, 0.1) is 15.8 Å². The molecule has 1 aromatic heterocycles. The second kappa shape index (κ2) is 6.31. The van der Waals surface area contributed by atoms with Crippen molar-refractivity contribution in [2.75, 3.05) is 0 Å². The molecule has 0 amide bonds. The minimum Gasteiger partial charge on any atom is -0.481 e. The number of nitro groups is 1. The Kier molecular flexibility index (Phi) is 4.49. The van der Waals surface area contributed by atoms with E-state index in [4.69, 9.17) is 9.84 Å². The highest BCUT2D eigenvalue weighted by Gasteiger charge is 2.12. The lowest BCUT2D eigenvalue weighted by molar-refractivity contribution is -0.385. The van der Waals surface area contributed by atoms with E-state index in [1.54, 1.807) is 24.3 Å². The normalized spacial score (nSPS) is 10.1. The molecule has 2 aromatic rings. The van der Waals surface area contributed by atoms with Gasteiger partial charge in [-0.1, -0.05) is 12.1 Å². The third-order valence-corrected chi connectivity index (χ3v) is 3.04. The van der Waals surface area contributed by atoms with E-state index in [-0.39, 0.29) is 18.0 Å². The molecular weight excluding hydrogens is 344 g/mol. The molecule has 0 aliphatic heterocycles. The molecule has 0 spiro atoms. The van der Waals surface area contributed by atoms with Gasteiger partial charge >= 0.3 is 5.97 Å². The van der Waals surface area contributed by atoms with Gasteiger partial charge in [0.1, 0.15) is 11.9 Å². The summed E-state index contributed by atoms with van der Waals surface area (Å²) in [5, 5.41) is 19.4. The molecule has 108 valence electrons. The van der Waals surface area contributed by atoms with Crippen molar-refractivity contribution in [2.24, 2.45) is 0 Å². The molecule has 2 rings (SSSR count). The molecule has 0 saturated carbocycles. The van der Waals surface area contributed by atoms with Crippen LogP contribution in [0, 0.1) is 10.1 Å². The summed E-state index contributed by atoms with van der Waals surface area (Å²) in [4.78, 5) is 24.6. The number of ether oxygens (including phenoxy) is 1. The second-order valence-corrected chi connectivity index (χ2v) is 4.91. The van der Waals surface area contributed by atoms with Crippen LogP contribution in [0.2, 0.25) is 0 Å². The van der Waals surface area contributed by atoms with Crippen LogP contribution in [0.15, 0.2) is 41.0 Å². The van der Waals surface area contributed by atoms with Crippen molar-refractivity contribution in [3.63, 3.8) is 0 Å². The highest BCUT2D eigenvalue weighted by Crippen LogP contribution is 2.30. The summed E-state index contributed by atoms with van der Waals surface area (Å²) >= 11 is 3.15. The van der Waals surface area contributed by atoms with Gasteiger partial charge in [0.2, 0.25) is 5.88 Å². The Morgan fingerprint density at radius 3 is 2.81 bits per heavy atom. The molecular formula is C13H9BrN2O5. The standard InChI is InChI=1S/C13H9BrN2O5/c14-11-6-9(16(19)20)7-15-13(11)21-10-3-1-2-8(4-10)5-12(17)18/h1-4,6-7H,5H2,(H,17,18). The van der Waals surface area contributed by atoms with E-state index in [0.717, 1.165) is 6.20 Å². The third kappa shape index (κ3) is 3.99. The number of carbonyl (C=O) groups is 1. The van der Waals surface area contributed by atoms with Crippen LogP contribution in [0.1, 0.15) is 5.56 Å². The van der Waals surface area contributed by atoms with Crippen LogP contribution in [0.5, 0.6) is 11.6 Å². The smallest absolute Gasteiger partial charge is 0.307 e. The quantitative estimate of drug-likeness (QED) is 0.654. The van der Waals surface area contributed by atoms with Crippen molar-refractivity contribution in [1.29, 1.82) is 0 Å². The molecule has 0 aliphatic rings. The van der Waals surface area contributed by atoms with Crippen LogP contribution >= 0.6 is 15.9 Å². The SMILES string of the molecule is O=C(O)Cc1cccc(Oc2ncc([N+](=O)[O-])cc2Br)c1. The summed E-state index contributed by atoms with van der Waals surface area (Å²) in [6.45, 7) is 0. The summed E-state index contributed by atoms with van der Waals surface area (Å²) in [5.41, 5.74) is 0.423. The molecule has 0 bridgehead atoms. The van der Waals surface area contributed by atoms with Crippen molar-refractivity contribution in [3.8, 4) is 11.6 Å². The van der Waals surface area contributed by atoms with E-state index >= 15 is 0 Å². The van der Waals surface area contributed by atoms with E-state index < -0.39 is 10.9 Å². The minimum absolute atomic E-state index is 0.119. The number of carboxylic acid groups (broad SMARTS) is 1. The maximum Gasteiger partial charge on any atom is 0.307 e. The average Bonchev–Trinajstić information content (AvgIpc) is 2.40. The number of hydrogen-bond acceptors (Lipinski definition) is 5. The predicted molar refractivity (Wildman–Crippen MR) is 76.4 cm³/mol. The molecule has 1 N–H and O–H groups in total. The van der Waals surface area contributed by atoms with Gasteiger partial charge in [0.15, 0.2) is 0 Å². The Balaban J connectivity index is 2.22. The highest BCUT2D eigenvalue weighted by molar-refractivity contribution is 9.10. The zero-order valence-electron chi connectivity index (χ0n) is 10.5. The number of hydrogen-bond donors (Lipinski definition) is 1. The number of rotatable bonds is 5. The van der Waals surface area contributed by atoms with Crippen molar-refractivity contribution in [2.45, 2.75) is 6.42 Å². The van der Waals surface area contributed by atoms with Crippen molar-refractivity contribution in [1.82, 2.24) is 4.98 Å². The van der Waals surface area contributed by atoms with E-state index in [2.05, 4.69) is 20.9 Å². The van der Waals surface area contributed by atoms with Crippen molar-refractivity contribution < 1.29 is 19.6 Å². The molecule has 0 fully saturated rings. The Labute approximate surface area is 127 Å². The zero-order valence-corrected chi connectivity index (χ0v) is 12.1. The van der Waals surface area contributed by atoms with Gasteiger partial charge in [-0.05, 0) is 33.6 Å². The Morgan fingerprint density at radius 1 is 1.43 bits per heavy atom. The Morgan fingerprint density at radius 2 is 2.19 bits per heavy atom. The molecule has 0 radical (unpaired) electrons. The number of nitrogens with zero attached hydrogens (tertiary/aromatic N) is 2. The van der Waals surface area contributed by atoms with Gasteiger partial charge in [0, 0.05) is 6.07 Å². The number of carboxylic acids is 1. The molecule has 0 atom stereocenters. The Bertz CT molecular complexity index is 705. The van der Waals surface area contributed by atoms with Crippen LogP contribution in [0.4, 0.5) is 5.69 Å². The lowest BCUT2D eigenvalue weighted by Gasteiger charge is -2.07. The first-order chi connectivity index (χ1) is 9.95. The molecule has 1 aromatic carbocycles. The first-order valence-corrected chi connectivity index (χ1v) is 6.53. The third-order valence-electron chi connectivity index (χ3n) is 2.47. The molecule has 1 heterocycles. The molecule has 0 saturated heterocycles. The van der Waals surface area contributed by atoms with Gasteiger partial charge in [-0.3, -0.25) is 14.9 Å². The average molecular weight is 353 g/mol. The van der Waals surface area contributed by atoms with Gasteiger partial charge < -0.3 is 9.84 Å². The van der Waals surface area contributed by atoms with Crippen LogP contribution in [-0.4, -0.2) is 21.0 Å². The van der Waals surface area contributed by atoms with E-state index in [1.807, 2.05) is 0 Å².